The number of nitrogens with zero attached hydrogens (tertiary/aromatic N) is 2. The predicted molar refractivity (Wildman–Crippen MR) is 61.8 cm³/mol. The van der Waals surface area contributed by atoms with Crippen molar-refractivity contribution in [3.8, 4) is 0 Å². The molecule has 1 rings (SSSR count). The van der Waals surface area contributed by atoms with Crippen LogP contribution in [-0.4, -0.2) is 45.2 Å². The number of nitrogens with one attached hydrogen (secondary N) is 1. The minimum atomic E-state index is -0.910. The number of aromatic nitrogens is 2. The summed E-state index contributed by atoms with van der Waals surface area (Å²) in [5.74, 6) is -1.14. The topological polar surface area (TPSA) is 86.3 Å². The van der Waals surface area contributed by atoms with E-state index in [1.807, 2.05) is 13.8 Å². The van der Waals surface area contributed by atoms with Crippen molar-refractivity contribution in [3.05, 3.63) is 17.5 Å². The van der Waals surface area contributed by atoms with Gasteiger partial charge in [0.05, 0.1) is 6.42 Å². The van der Waals surface area contributed by atoms with Crippen LogP contribution in [0.25, 0.3) is 0 Å². The number of carboxylic acids is 1. The van der Waals surface area contributed by atoms with Crippen LogP contribution >= 0.6 is 0 Å². The van der Waals surface area contributed by atoms with Gasteiger partial charge in [-0.15, -0.1) is 0 Å². The van der Waals surface area contributed by atoms with Gasteiger partial charge in [-0.1, -0.05) is 6.92 Å². The van der Waals surface area contributed by atoms with Crippen molar-refractivity contribution in [1.29, 1.82) is 0 Å². The first kappa shape index (κ1) is 13.2. The van der Waals surface area contributed by atoms with Gasteiger partial charge in [0.25, 0.3) is 5.91 Å². The van der Waals surface area contributed by atoms with E-state index in [1.165, 1.54) is 4.90 Å². The minimum Gasteiger partial charge on any atom is -0.481 e. The highest BCUT2D eigenvalue weighted by Crippen LogP contribution is 2.05. The number of aryl methyl sites for hydroxylation is 1. The van der Waals surface area contributed by atoms with Crippen molar-refractivity contribution in [1.82, 2.24) is 15.1 Å². The molecule has 0 atom stereocenters. The second kappa shape index (κ2) is 6.03. The fourth-order valence-electron chi connectivity index (χ4n) is 1.45. The summed E-state index contributed by atoms with van der Waals surface area (Å²) in [5, 5.41) is 15.3. The summed E-state index contributed by atoms with van der Waals surface area (Å²) in [4.78, 5) is 23.9. The lowest BCUT2D eigenvalue weighted by Crippen LogP contribution is -2.33. The zero-order chi connectivity index (χ0) is 12.8. The Hall–Kier alpha value is -1.85. The van der Waals surface area contributed by atoms with Gasteiger partial charge in [0.1, 0.15) is 5.69 Å². The second-order valence-electron chi connectivity index (χ2n) is 3.66. The second-order valence-corrected chi connectivity index (χ2v) is 3.66. The summed E-state index contributed by atoms with van der Waals surface area (Å²) in [7, 11) is 0. The Bertz CT molecular complexity index is 400. The molecule has 0 aliphatic carbocycles. The molecule has 0 aliphatic rings. The number of carbonyl (C=O) groups excluding carboxylic acids is 1. The Kier molecular flexibility index (Phi) is 4.68. The van der Waals surface area contributed by atoms with Crippen molar-refractivity contribution < 1.29 is 14.7 Å². The molecule has 0 unspecified atom stereocenters. The number of aromatic amines is 1. The fourth-order valence-corrected chi connectivity index (χ4v) is 1.45. The molecular formula is C11H17N3O3. The van der Waals surface area contributed by atoms with E-state index in [4.69, 9.17) is 5.11 Å². The molecule has 1 aromatic rings. The first-order valence-electron chi connectivity index (χ1n) is 5.63. The molecule has 0 aliphatic heterocycles. The highest BCUT2D eigenvalue weighted by Gasteiger charge is 2.17. The van der Waals surface area contributed by atoms with Gasteiger partial charge in [-0.05, 0) is 19.4 Å². The molecule has 1 aromatic heterocycles. The Labute approximate surface area is 99.6 Å². The van der Waals surface area contributed by atoms with E-state index in [0.717, 1.165) is 12.1 Å². The SMILES string of the molecule is CCc1cc(C(=O)N(CC)CCC(=O)O)n[nH]1. The molecule has 0 fully saturated rings. The lowest BCUT2D eigenvalue weighted by molar-refractivity contribution is -0.137. The van der Waals surface area contributed by atoms with E-state index in [0.29, 0.717) is 12.2 Å². The molecular weight excluding hydrogens is 222 g/mol. The number of carboxylic acid groups (broad SMARTS) is 1. The zero-order valence-electron chi connectivity index (χ0n) is 10.1. The van der Waals surface area contributed by atoms with Gasteiger partial charge in [0.2, 0.25) is 0 Å². The first-order valence-corrected chi connectivity index (χ1v) is 5.63. The highest BCUT2D eigenvalue weighted by molar-refractivity contribution is 5.92. The molecule has 6 nitrogen and oxygen atoms in total. The summed E-state index contributed by atoms with van der Waals surface area (Å²) < 4.78 is 0. The van der Waals surface area contributed by atoms with Crippen LogP contribution in [0, 0.1) is 0 Å². The van der Waals surface area contributed by atoms with Crippen LogP contribution in [0.5, 0.6) is 0 Å². The van der Waals surface area contributed by atoms with E-state index < -0.39 is 5.97 Å². The number of hydrogen-bond acceptors (Lipinski definition) is 3. The van der Waals surface area contributed by atoms with Crippen LogP contribution in [0.1, 0.15) is 36.5 Å². The predicted octanol–water partition coefficient (Wildman–Crippen LogP) is 0.909. The Morgan fingerprint density at radius 1 is 1.47 bits per heavy atom. The first-order chi connectivity index (χ1) is 8.08. The van der Waals surface area contributed by atoms with Crippen LogP contribution < -0.4 is 0 Å². The summed E-state index contributed by atoms with van der Waals surface area (Å²) in [6.45, 7) is 4.45. The molecule has 1 amide bonds. The molecule has 17 heavy (non-hydrogen) atoms. The Morgan fingerprint density at radius 2 is 2.18 bits per heavy atom. The fraction of sp³-hybridized carbons (Fsp3) is 0.545. The van der Waals surface area contributed by atoms with E-state index in [1.54, 1.807) is 6.07 Å². The lowest BCUT2D eigenvalue weighted by atomic mass is 10.2. The summed E-state index contributed by atoms with van der Waals surface area (Å²) >= 11 is 0. The third-order valence-electron chi connectivity index (χ3n) is 2.50. The Morgan fingerprint density at radius 3 is 2.65 bits per heavy atom. The molecule has 0 saturated carbocycles. The maximum Gasteiger partial charge on any atom is 0.305 e. The van der Waals surface area contributed by atoms with Crippen molar-refractivity contribution in [2.24, 2.45) is 0 Å². The number of aliphatic carboxylic acids is 1. The molecule has 94 valence electrons. The van der Waals surface area contributed by atoms with Crippen molar-refractivity contribution in [2.75, 3.05) is 13.1 Å². The molecule has 0 saturated heterocycles. The maximum atomic E-state index is 12.0. The standard InChI is InChI=1S/C11H17N3O3/c1-3-8-7-9(13-12-8)11(17)14(4-2)6-5-10(15)16/h7H,3-6H2,1-2H3,(H,12,13)(H,15,16). The molecule has 1 heterocycles. The van der Waals surface area contributed by atoms with E-state index in [-0.39, 0.29) is 18.9 Å². The highest BCUT2D eigenvalue weighted by atomic mass is 16.4. The van der Waals surface area contributed by atoms with Crippen LogP contribution in [0.4, 0.5) is 0 Å². The van der Waals surface area contributed by atoms with Crippen LogP contribution in [-0.2, 0) is 11.2 Å². The van der Waals surface area contributed by atoms with Crippen LogP contribution in [0.2, 0.25) is 0 Å². The molecule has 6 heteroatoms. The van der Waals surface area contributed by atoms with Gasteiger partial charge in [-0.25, -0.2) is 0 Å². The smallest absolute Gasteiger partial charge is 0.305 e. The van der Waals surface area contributed by atoms with E-state index >= 15 is 0 Å². The summed E-state index contributed by atoms with van der Waals surface area (Å²) in [6.07, 6.45) is 0.728. The van der Waals surface area contributed by atoms with Gasteiger partial charge >= 0.3 is 5.97 Å². The lowest BCUT2D eigenvalue weighted by Gasteiger charge is -2.18. The van der Waals surface area contributed by atoms with Gasteiger partial charge in [-0.3, -0.25) is 14.7 Å². The molecule has 0 bridgehead atoms. The van der Waals surface area contributed by atoms with Crippen LogP contribution in [0.15, 0.2) is 6.07 Å². The molecule has 2 N–H and O–H groups in total. The normalized spacial score (nSPS) is 10.2. The van der Waals surface area contributed by atoms with Crippen LogP contribution in [0.3, 0.4) is 0 Å². The van der Waals surface area contributed by atoms with Gasteiger partial charge in [0, 0.05) is 18.8 Å². The minimum absolute atomic E-state index is 0.0510. The molecule has 0 spiro atoms. The van der Waals surface area contributed by atoms with Gasteiger partial charge in [-0.2, -0.15) is 5.10 Å². The number of rotatable bonds is 6. The monoisotopic (exact) mass is 239 g/mol. The third-order valence-corrected chi connectivity index (χ3v) is 2.50. The average Bonchev–Trinajstić information content (AvgIpc) is 2.77. The molecule has 0 radical (unpaired) electrons. The third kappa shape index (κ3) is 3.58. The summed E-state index contributed by atoms with van der Waals surface area (Å²) in [6, 6.07) is 1.70. The largest absolute Gasteiger partial charge is 0.481 e. The van der Waals surface area contributed by atoms with Gasteiger partial charge < -0.3 is 10.0 Å². The summed E-state index contributed by atoms with van der Waals surface area (Å²) in [5.41, 5.74) is 1.23. The molecule has 0 aromatic carbocycles. The van der Waals surface area contributed by atoms with Crippen molar-refractivity contribution in [3.63, 3.8) is 0 Å². The number of carbonyl (C=O) groups is 2. The van der Waals surface area contributed by atoms with Crippen molar-refractivity contribution >= 4 is 11.9 Å². The number of amides is 1. The Balaban J connectivity index is 2.68. The number of H-pyrrole nitrogens is 1. The average molecular weight is 239 g/mol. The zero-order valence-corrected chi connectivity index (χ0v) is 10.1. The quantitative estimate of drug-likeness (QED) is 0.772. The maximum absolute atomic E-state index is 12.0. The van der Waals surface area contributed by atoms with Crippen molar-refractivity contribution in [2.45, 2.75) is 26.7 Å². The van der Waals surface area contributed by atoms with E-state index in [9.17, 15) is 9.59 Å². The number of hydrogen-bond donors (Lipinski definition) is 2. The van der Waals surface area contributed by atoms with E-state index in [2.05, 4.69) is 10.2 Å². The van der Waals surface area contributed by atoms with Gasteiger partial charge in [0.15, 0.2) is 0 Å².